The molecule has 1 aliphatic rings. The number of amides is 1. The van der Waals surface area contributed by atoms with Crippen LogP contribution in [0.3, 0.4) is 0 Å². The molecule has 1 saturated heterocycles. The SMILES string of the molecule is C#CCn1c(=NC(=O)c2ccc(S(=O)(=O)N3CCCCCC3)cc2)sc2ccc(Cl)c(Cl)c21. The number of aromatic nitrogens is 1. The molecule has 1 aromatic heterocycles. The molecular weight excluding hydrogens is 501 g/mol. The number of nitrogens with zero attached hydrogens (tertiary/aromatic N) is 3. The monoisotopic (exact) mass is 521 g/mol. The minimum absolute atomic E-state index is 0.166. The molecule has 0 spiro atoms. The highest BCUT2D eigenvalue weighted by Crippen LogP contribution is 2.32. The Kier molecular flexibility index (Phi) is 7.27. The van der Waals surface area contributed by atoms with Crippen LogP contribution in [0.15, 0.2) is 46.3 Å². The summed E-state index contributed by atoms with van der Waals surface area (Å²) in [7, 11) is -3.59. The van der Waals surface area contributed by atoms with Crippen molar-refractivity contribution in [3.63, 3.8) is 0 Å². The Morgan fingerprint density at radius 1 is 1.06 bits per heavy atom. The van der Waals surface area contributed by atoms with Gasteiger partial charge in [0.2, 0.25) is 10.0 Å². The fraction of sp³-hybridized carbons (Fsp3) is 0.304. The molecule has 1 fully saturated rings. The molecule has 1 aliphatic heterocycles. The maximum Gasteiger partial charge on any atom is 0.279 e. The normalized spacial score (nSPS) is 16.0. The predicted molar refractivity (Wildman–Crippen MR) is 132 cm³/mol. The number of hydrogen-bond acceptors (Lipinski definition) is 4. The van der Waals surface area contributed by atoms with Gasteiger partial charge in [-0.05, 0) is 49.2 Å². The molecule has 0 unspecified atom stereocenters. The third kappa shape index (κ3) is 4.88. The zero-order valence-electron chi connectivity index (χ0n) is 17.6. The Labute approximate surface area is 206 Å². The minimum Gasteiger partial charge on any atom is -0.303 e. The quantitative estimate of drug-likeness (QED) is 0.456. The van der Waals surface area contributed by atoms with Crippen LogP contribution in [0.2, 0.25) is 10.0 Å². The van der Waals surface area contributed by atoms with Crippen molar-refractivity contribution < 1.29 is 13.2 Å². The van der Waals surface area contributed by atoms with Gasteiger partial charge >= 0.3 is 0 Å². The summed E-state index contributed by atoms with van der Waals surface area (Å²) < 4.78 is 29.9. The van der Waals surface area contributed by atoms with Gasteiger partial charge in [-0.3, -0.25) is 4.79 Å². The van der Waals surface area contributed by atoms with Gasteiger partial charge in [-0.1, -0.05) is 53.3 Å². The highest BCUT2D eigenvalue weighted by atomic mass is 35.5. The molecule has 2 heterocycles. The number of halogens is 2. The van der Waals surface area contributed by atoms with Crippen molar-refractivity contribution in [1.29, 1.82) is 0 Å². The summed E-state index contributed by atoms with van der Waals surface area (Å²) in [6.45, 7) is 1.21. The first kappa shape index (κ1) is 24.0. The van der Waals surface area contributed by atoms with Gasteiger partial charge in [-0.15, -0.1) is 6.42 Å². The summed E-state index contributed by atoms with van der Waals surface area (Å²) >= 11 is 13.8. The topological polar surface area (TPSA) is 71.7 Å². The lowest BCUT2D eigenvalue weighted by Gasteiger charge is -2.19. The van der Waals surface area contributed by atoms with Crippen molar-refractivity contribution in [2.45, 2.75) is 37.1 Å². The summed E-state index contributed by atoms with van der Waals surface area (Å²) in [5.41, 5.74) is 0.899. The number of benzene rings is 2. The molecule has 1 amide bonds. The van der Waals surface area contributed by atoms with Gasteiger partial charge in [0, 0.05) is 18.7 Å². The zero-order chi connectivity index (χ0) is 23.6. The second kappa shape index (κ2) is 10.00. The lowest BCUT2D eigenvalue weighted by Crippen LogP contribution is -2.31. The second-order valence-corrected chi connectivity index (χ2v) is 11.4. The molecule has 0 bridgehead atoms. The second-order valence-electron chi connectivity index (χ2n) is 7.64. The highest BCUT2D eigenvalue weighted by molar-refractivity contribution is 7.89. The molecule has 0 saturated carbocycles. The Morgan fingerprint density at radius 2 is 1.73 bits per heavy atom. The van der Waals surface area contributed by atoms with Crippen molar-refractivity contribution in [2.24, 2.45) is 4.99 Å². The first-order valence-corrected chi connectivity index (χ1v) is 13.4. The number of thiazole rings is 1. The van der Waals surface area contributed by atoms with Crippen LogP contribution in [0.4, 0.5) is 0 Å². The molecule has 3 aromatic rings. The van der Waals surface area contributed by atoms with E-state index in [1.807, 2.05) is 0 Å². The van der Waals surface area contributed by atoms with Crippen LogP contribution >= 0.6 is 34.5 Å². The van der Waals surface area contributed by atoms with Crippen molar-refractivity contribution in [2.75, 3.05) is 13.1 Å². The molecule has 0 radical (unpaired) electrons. The Hall–Kier alpha value is -2.15. The van der Waals surface area contributed by atoms with E-state index in [9.17, 15) is 13.2 Å². The van der Waals surface area contributed by atoms with E-state index in [0.717, 1.165) is 30.4 Å². The van der Waals surface area contributed by atoms with Crippen LogP contribution in [0.5, 0.6) is 0 Å². The van der Waals surface area contributed by atoms with Gasteiger partial charge in [0.25, 0.3) is 5.91 Å². The minimum atomic E-state index is -3.59. The standard InChI is InChI=1S/C23H21Cl2N3O3S2/c1-2-13-28-21-19(12-11-18(24)20(21)25)32-23(28)26-22(29)16-7-9-17(10-8-16)33(30,31)27-14-5-3-4-6-15-27/h1,7-12H,3-6,13-15H2. The average molecular weight is 522 g/mol. The van der Waals surface area contributed by atoms with E-state index in [4.69, 9.17) is 29.6 Å². The number of fused-ring (bicyclic) bond motifs is 1. The summed E-state index contributed by atoms with van der Waals surface area (Å²) in [5, 5.41) is 0.726. The van der Waals surface area contributed by atoms with Crippen molar-refractivity contribution in [3.05, 3.63) is 56.8 Å². The van der Waals surface area contributed by atoms with E-state index in [1.165, 1.54) is 39.9 Å². The van der Waals surface area contributed by atoms with E-state index < -0.39 is 15.9 Å². The first-order chi connectivity index (χ1) is 15.8. The Balaban J connectivity index is 1.67. The molecule has 0 N–H and O–H groups in total. The van der Waals surface area contributed by atoms with E-state index in [-0.39, 0.29) is 17.0 Å². The van der Waals surface area contributed by atoms with E-state index >= 15 is 0 Å². The number of carbonyl (C=O) groups is 1. The van der Waals surface area contributed by atoms with Crippen molar-refractivity contribution in [1.82, 2.24) is 8.87 Å². The Bertz CT molecular complexity index is 1410. The molecule has 33 heavy (non-hydrogen) atoms. The lowest BCUT2D eigenvalue weighted by molar-refractivity contribution is 0.0998. The summed E-state index contributed by atoms with van der Waals surface area (Å²) in [5.74, 6) is 2.04. The van der Waals surface area contributed by atoms with Crippen LogP contribution in [-0.4, -0.2) is 36.3 Å². The lowest BCUT2D eigenvalue weighted by atomic mass is 10.2. The molecular formula is C23H21Cl2N3O3S2. The Morgan fingerprint density at radius 3 is 2.36 bits per heavy atom. The number of hydrogen-bond donors (Lipinski definition) is 0. The number of carbonyl (C=O) groups excluding carboxylic acids is 1. The molecule has 0 atom stereocenters. The van der Waals surface area contributed by atoms with Gasteiger partial charge in [-0.2, -0.15) is 9.30 Å². The van der Waals surface area contributed by atoms with E-state index in [1.54, 1.807) is 16.7 Å². The summed E-state index contributed by atoms with van der Waals surface area (Å²) in [6, 6.07) is 9.36. The van der Waals surface area contributed by atoms with Gasteiger partial charge < -0.3 is 4.57 Å². The third-order valence-corrected chi connectivity index (χ3v) is 9.24. The summed E-state index contributed by atoms with van der Waals surface area (Å²) in [4.78, 5) is 17.7. The first-order valence-electron chi connectivity index (χ1n) is 10.4. The van der Waals surface area contributed by atoms with Crippen LogP contribution in [-0.2, 0) is 16.6 Å². The maximum atomic E-state index is 13.0. The molecule has 4 rings (SSSR count). The van der Waals surface area contributed by atoms with E-state index in [2.05, 4.69) is 10.9 Å². The number of rotatable bonds is 4. The average Bonchev–Trinajstić information content (AvgIpc) is 2.97. The molecule has 0 aliphatic carbocycles. The van der Waals surface area contributed by atoms with Gasteiger partial charge in [0.15, 0.2) is 4.80 Å². The van der Waals surface area contributed by atoms with Crippen molar-refractivity contribution in [3.8, 4) is 12.3 Å². The molecule has 10 heteroatoms. The van der Waals surface area contributed by atoms with Crippen LogP contribution < -0.4 is 4.80 Å². The zero-order valence-corrected chi connectivity index (χ0v) is 20.8. The summed E-state index contributed by atoms with van der Waals surface area (Å²) in [6.07, 6.45) is 9.30. The highest BCUT2D eigenvalue weighted by Gasteiger charge is 2.25. The van der Waals surface area contributed by atoms with Gasteiger partial charge in [0.1, 0.15) is 0 Å². The van der Waals surface area contributed by atoms with E-state index in [0.29, 0.717) is 33.5 Å². The largest absolute Gasteiger partial charge is 0.303 e. The molecule has 6 nitrogen and oxygen atoms in total. The number of sulfonamides is 1. The van der Waals surface area contributed by atoms with Crippen molar-refractivity contribution >= 4 is 60.7 Å². The predicted octanol–water partition coefficient (Wildman–Crippen LogP) is 4.95. The molecule has 2 aromatic carbocycles. The van der Waals surface area contributed by atoms with Crippen LogP contribution in [0.25, 0.3) is 10.2 Å². The molecule has 172 valence electrons. The third-order valence-electron chi connectivity index (χ3n) is 5.48. The fourth-order valence-electron chi connectivity index (χ4n) is 3.78. The van der Waals surface area contributed by atoms with Gasteiger partial charge in [-0.25, -0.2) is 8.42 Å². The maximum absolute atomic E-state index is 13.0. The smallest absolute Gasteiger partial charge is 0.279 e. The van der Waals surface area contributed by atoms with Gasteiger partial charge in [0.05, 0.1) is 31.7 Å². The van der Waals surface area contributed by atoms with Crippen LogP contribution in [0, 0.1) is 12.3 Å². The fourth-order valence-corrected chi connectivity index (χ4v) is 6.81. The van der Waals surface area contributed by atoms with Crippen LogP contribution in [0.1, 0.15) is 36.0 Å². The number of terminal acetylenes is 1.